The third-order valence-electron chi connectivity index (χ3n) is 6.93. The van der Waals surface area contributed by atoms with E-state index in [-0.39, 0.29) is 33.6 Å². The molecule has 2 heterocycles. The number of halogens is 2. The second kappa shape index (κ2) is 12.9. The van der Waals surface area contributed by atoms with Crippen molar-refractivity contribution in [2.24, 2.45) is 0 Å². The van der Waals surface area contributed by atoms with Gasteiger partial charge in [0.2, 0.25) is 5.13 Å². The molecular weight excluding hydrogens is 621 g/mol. The zero-order chi connectivity index (χ0) is 31.5. The predicted octanol–water partition coefficient (Wildman–Crippen LogP) is 7.54. The van der Waals surface area contributed by atoms with E-state index in [1.54, 1.807) is 54.6 Å². The van der Waals surface area contributed by atoms with Crippen LogP contribution >= 0.6 is 23.1 Å². The normalized spacial score (nSPS) is 15.8. The number of carbonyl (C=O) groups excluding carboxylic acids is 2. The number of aliphatic hydroxyl groups excluding tert-OH is 1. The minimum absolute atomic E-state index is 0.0219. The van der Waals surface area contributed by atoms with Gasteiger partial charge in [0, 0.05) is 11.3 Å². The second-order valence-corrected chi connectivity index (χ2v) is 11.9. The molecule has 226 valence electrons. The summed E-state index contributed by atoms with van der Waals surface area (Å²) in [4.78, 5) is 28.3. The lowest BCUT2D eigenvalue weighted by atomic mass is 9.95. The number of Topliss-reactive ketones (excluding diaryl/α,β-unsaturated/α-hetero) is 1. The van der Waals surface area contributed by atoms with E-state index in [4.69, 9.17) is 9.47 Å². The van der Waals surface area contributed by atoms with Crippen molar-refractivity contribution in [1.82, 2.24) is 10.2 Å². The van der Waals surface area contributed by atoms with Gasteiger partial charge in [-0.15, -0.1) is 10.2 Å². The van der Waals surface area contributed by atoms with E-state index in [0.717, 1.165) is 22.3 Å². The summed E-state index contributed by atoms with van der Waals surface area (Å²) in [6, 6.07) is 24.7. The highest BCUT2D eigenvalue weighted by Gasteiger charge is 2.48. The summed E-state index contributed by atoms with van der Waals surface area (Å²) in [5.41, 5.74) is 0.610. The third kappa shape index (κ3) is 6.15. The summed E-state index contributed by atoms with van der Waals surface area (Å²) in [6.07, 6.45) is 0. The number of para-hydroxylation sites is 1. The molecule has 1 aliphatic rings. The van der Waals surface area contributed by atoms with Crippen LogP contribution in [0.2, 0.25) is 0 Å². The number of benzene rings is 4. The van der Waals surface area contributed by atoms with Gasteiger partial charge in [-0.1, -0.05) is 71.6 Å². The molecule has 1 unspecified atom stereocenters. The van der Waals surface area contributed by atoms with Crippen molar-refractivity contribution >= 4 is 45.7 Å². The Morgan fingerprint density at radius 3 is 2.42 bits per heavy atom. The van der Waals surface area contributed by atoms with Crippen LogP contribution in [0.3, 0.4) is 0 Å². The second-order valence-electron chi connectivity index (χ2n) is 9.74. The number of ether oxygens (including phenoxy) is 2. The van der Waals surface area contributed by atoms with Gasteiger partial charge in [-0.05, 0) is 59.7 Å². The number of thioether (sulfide) groups is 1. The molecule has 1 fully saturated rings. The minimum atomic E-state index is -1.16. The predicted molar refractivity (Wildman–Crippen MR) is 167 cm³/mol. The first-order valence-corrected chi connectivity index (χ1v) is 15.3. The van der Waals surface area contributed by atoms with Crippen molar-refractivity contribution in [3.63, 3.8) is 0 Å². The summed E-state index contributed by atoms with van der Waals surface area (Å²) < 4.78 is 40.2. The quantitative estimate of drug-likeness (QED) is 0.0578. The molecule has 6 rings (SSSR count). The minimum Gasteiger partial charge on any atom is -0.507 e. The van der Waals surface area contributed by atoms with Gasteiger partial charge in [0.05, 0.1) is 18.7 Å². The zero-order valence-corrected chi connectivity index (χ0v) is 25.1. The van der Waals surface area contributed by atoms with Gasteiger partial charge >= 0.3 is 5.91 Å². The van der Waals surface area contributed by atoms with Crippen LogP contribution in [-0.2, 0) is 15.3 Å². The molecule has 12 heteroatoms. The topological polar surface area (TPSA) is 102 Å². The number of amides is 1. The van der Waals surface area contributed by atoms with Crippen molar-refractivity contribution in [3.8, 4) is 17.2 Å². The van der Waals surface area contributed by atoms with Crippen molar-refractivity contribution in [3.05, 3.63) is 131 Å². The molecule has 1 aliphatic heterocycles. The summed E-state index contributed by atoms with van der Waals surface area (Å²) >= 11 is 2.27. The van der Waals surface area contributed by atoms with Gasteiger partial charge in [0.1, 0.15) is 23.1 Å². The Kier molecular flexibility index (Phi) is 8.58. The van der Waals surface area contributed by atoms with Crippen LogP contribution in [0.15, 0.2) is 107 Å². The lowest BCUT2D eigenvalue weighted by molar-refractivity contribution is -0.132. The molecule has 1 atom stereocenters. The average Bonchev–Trinajstić information content (AvgIpc) is 3.62. The Bertz CT molecular complexity index is 1930. The van der Waals surface area contributed by atoms with E-state index >= 15 is 0 Å². The number of aromatic nitrogens is 2. The summed E-state index contributed by atoms with van der Waals surface area (Å²) in [6.45, 7) is 0. The molecule has 0 radical (unpaired) electrons. The largest absolute Gasteiger partial charge is 0.507 e. The lowest BCUT2D eigenvalue weighted by Gasteiger charge is -2.23. The first kappa shape index (κ1) is 30.0. The number of ketones is 1. The fourth-order valence-corrected chi connectivity index (χ4v) is 6.65. The number of aliphatic hydroxyl groups is 1. The van der Waals surface area contributed by atoms with Crippen LogP contribution in [0, 0.1) is 11.6 Å². The maximum atomic E-state index is 14.6. The smallest absolute Gasteiger partial charge is 0.301 e. The fourth-order valence-electron chi connectivity index (χ4n) is 4.80. The van der Waals surface area contributed by atoms with E-state index in [1.165, 1.54) is 37.1 Å². The number of nitrogens with zero attached hydrogens (tertiary/aromatic N) is 3. The highest BCUT2D eigenvalue weighted by Crippen LogP contribution is 2.45. The maximum Gasteiger partial charge on any atom is 0.301 e. The van der Waals surface area contributed by atoms with Crippen LogP contribution in [0.5, 0.6) is 17.2 Å². The Labute approximate surface area is 264 Å². The first-order valence-electron chi connectivity index (χ1n) is 13.5. The first-order chi connectivity index (χ1) is 21.8. The highest BCUT2D eigenvalue weighted by molar-refractivity contribution is 8.00. The number of hydrogen-bond acceptors (Lipinski definition) is 9. The standard InChI is InChI=1S/C33H23F2N3O5S2/c1-42-26-15-14-20(17-25(26)35)29(39)27-28(19-9-7-12-23(16-19)43-22-10-3-2-4-11-22)38(31(41)30(27)40)32-36-37-33(45-32)44-18-21-8-5-6-13-24(21)34/h2-17,28,39H,18H2,1H3/b29-27+. The summed E-state index contributed by atoms with van der Waals surface area (Å²) in [5.74, 6) is -2.43. The Hall–Kier alpha value is -5.07. The number of hydrogen-bond donors (Lipinski definition) is 1. The van der Waals surface area contributed by atoms with E-state index in [9.17, 15) is 23.5 Å². The number of methoxy groups -OCH3 is 1. The molecule has 1 aromatic heterocycles. The van der Waals surface area contributed by atoms with Crippen LogP contribution in [-0.4, -0.2) is 34.1 Å². The highest BCUT2D eigenvalue weighted by atomic mass is 32.2. The molecule has 5 aromatic rings. The number of rotatable bonds is 9. The maximum absolute atomic E-state index is 14.6. The lowest BCUT2D eigenvalue weighted by Crippen LogP contribution is -2.29. The molecule has 1 amide bonds. The van der Waals surface area contributed by atoms with Crippen LogP contribution in [0.1, 0.15) is 22.7 Å². The Balaban J connectivity index is 1.41. The molecule has 0 spiro atoms. The summed E-state index contributed by atoms with van der Waals surface area (Å²) in [7, 11) is 1.30. The van der Waals surface area contributed by atoms with E-state index in [2.05, 4.69) is 10.2 Å². The molecule has 4 aromatic carbocycles. The molecule has 0 aliphatic carbocycles. The van der Waals surface area contributed by atoms with Gasteiger partial charge < -0.3 is 14.6 Å². The van der Waals surface area contributed by atoms with Gasteiger partial charge in [0.25, 0.3) is 5.78 Å². The average molecular weight is 644 g/mol. The SMILES string of the molecule is COc1ccc(/C(O)=C2\C(=O)C(=O)N(c3nnc(SCc4ccccc4F)s3)C2c2cccc(Oc3ccccc3)c2)cc1F. The molecular formula is C33H23F2N3O5S2. The summed E-state index contributed by atoms with van der Waals surface area (Å²) in [5, 5.41) is 19.8. The molecule has 0 saturated carbocycles. The molecule has 8 nitrogen and oxygen atoms in total. The van der Waals surface area contributed by atoms with Crippen LogP contribution in [0.4, 0.5) is 13.9 Å². The molecule has 0 bridgehead atoms. The van der Waals surface area contributed by atoms with E-state index in [0.29, 0.717) is 27.0 Å². The van der Waals surface area contributed by atoms with Crippen LogP contribution < -0.4 is 14.4 Å². The Morgan fingerprint density at radius 2 is 1.67 bits per heavy atom. The van der Waals surface area contributed by atoms with Crippen molar-refractivity contribution in [2.75, 3.05) is 12.0 Å². The molecule has 1 N–H and O–H groups in total. The van der Waals surface area contributed by atoms with Gasteiger partial charge in [0.15, 0.2) is 15.9 Å². The zero-order valence-electron chi connectivity index (χ0n) is 23.5. The van der Waals surface area contributed by atoms with Crippen LogP contribution in [0.25, 0.3) is 5.76 Å². The fraction of sp³-hybridized carbons (Fsp3) is 0.0909. The molecule has 1 saturated heterocycles. The third-order valence-corrected chi connectivity index (χ3v) is 9.04. The Morgan fingerprint density at radius 1 is 0.911 bits per heavy atom. The van der Waals surface area contributed by atoms with Gasteiger partial charge in [-0.25, -0.2) is 8.78 Å². The van der Waals surface area contributed by atoms with E-state index < -0.39 is 29.3 Å². The monoisotopic (exact) mass is 643 g/mol. The van der Waals surface area contributed by atoms with E-state index in [1.807, 2.05) is 18.2 Å². The number of carbonyl (C=O) groups is 2. The van der Waals surface area contributed by atoms with Crippen molar-refractivity contribution in [1.29, 1.82) is 0 Å². The molecule has 45 heavy (non-hydrogen) atoms. The van der Waals surface area contributed by atoms with Crippen molar-refractivity contribution in [2.45, 2.75) is 16.1 Å². The van der Waals surface area contributed by atoms with Gasteiger partial charge in [-0.2, -0.15) is 0 Å². The number of anilines is 1. The van der Waals surface area contributed by atoms with Crippen molar-refractivity contribution < 1.29 is 33.0 Å². The van der Waals surface area contributed by atoms with Gasteiger partial charge in [-0.3, -0.25) is 14.5 Å².